The van der Waals surface area contributed by atoms with E-state index in [4.69, 9.17) is 9.05 Å². The first-order valence-electron chi connectivity index (χ1n) is 6.66. The van der Waals surface area contributed by atoms with Crippen molar-refractivity contribution in [1.82, 2.24) is 4.57 Å². The molecule has 1 heterocycles. The van der Waals surface area contributed by atoms with Crippen LogP contribution >= 0.6 is 7.60 Å². The average molecular weight is 296 g/mol. The van der Waals surface area contributed by atoms with Crippen molar-refractivity contribution < 1.29 is 13.6 Å². The lowest BCUT2D eigenvalue weighted by Crippen LogP contribution is -2.02. The molecule has 0 bridgehead atoms. The number of rotatable bonds is 7. The molecule has 0 spiro atoms. The molecule has 0 unspecified atom stereocenters. The van der Waals surface area contributed by atoms with E-state index in [9.17, 15) is 9.83 Å². The van der Waals surface area contributed by atoms with Crippen LogP contribution in [-0.2, 0) is 13.6 Å². The normalized spacial score (nSPS) is 12.7. The first-order chi connectivity index (χ1) is 9.48. The maximum absolute atomic E-state index is 12.6. The standard InChI is InChI=1S/C14H21N2O3P/c1-5-18-20(17,19-6-2)14(11-15)10-13-8-7-9-16(13)12(3)4/h7-10,12H,5-6H2,1-4H3/b14-10-. The predicted octanol–water partition coefficient (Wildman–Crippen LogP) is 4.20. The van der Waals surface area contributed by atoms with Gasteiger partial charge in [-0.1, -0.05) is 0 Å². The smallest absolute Gasteiger partial charge is 0.345 e. The second-order valence-electron chi connectivity index (χ2n) is 4.41. The fourth-order valence-corrected chi connectivity index (χ4v) is 3.27. The van der Waals surface area contributed by atoms with Gasteiger partial charge in [-0.3, -0.25) is 4.57 Å². The highest BCUT2D eigenvalue weighted by Gasteiger charge is 2.30. The van der Waals surface area contributed by atoms with E-state index in [1.54, 1.807) is 19.9 Å². The summed E-state index contributed by atoms with van der Waals surface area (Å²) < 4.78 is 25.0. The minimum absolute atomic E-state index is 0.0294. The van der Waals surface area contributed by atoms with Gasteiger partial charge in [0.2, 0.25) is 0 Å². The van der Waals surface area contributed by atoms with Crippen molar-refractivity contribution in [2.45, 2.75) is 33.7 Å². The van der Waals surface area contributed by atoms with Gasteiger partial charge in [0.1, 0.15) is 11.4 Å². The van der Waals surface area contributed by atoms with Crippen molar-refractivity contribution in [1.29, 1.82) is 5.26 Å². The van der Waals surface area contributed by atoms with Crippen LogP contribution in [0, 0.1) is 11.3 Å². The van der Waals surface area contributed by atoms with E-state index >= 15 is 0 Å². The van der Waals surface area contributed by atoms with Gasteiger partial charge in [0.15, 0.2) is 0 Å². The second-order valence-corrected chi connectivity index (χ2v) is 6.40. The molecule has 0 aliphatic carbocycles. The van der Waals surface area contributed by atoms with Crippen molar-refractivity contribution in [2.75, 3.05) is 13.2 Å². The van der Waals surface area contributed by atoms with Crippen LogP contribution in [0.2, 0.25) is 0 Å². The van der Waals surface area contributed by atoms with E-state index in [1.807, 2.05) is 42.8 Å². The minimum atomic E-state index is -3.53. The zero-order valence-electron chi connectivity index (χ0n) is 12.4. The third kappa shape index (κ3) is 3.83. The molecular weight excluding hydrogens is 275 g/mol. The summed E-state index contributed by atoms with van der Waals surface area (Å²) in [5, 5.41) is 9.31. The maximum atomic E-state index is 12.6. The fourth-order valence-electron chi connectivity index (χ4n) is 1.83. The lowest BCUT2D eigenvalue weighted by molar-refractivity contribution is 0.227. The molecule has 1 rings (SSSR count). The summed E-state index contributed by atoms with van der Waals surface area (Å²) in [7, 11) is -3.53. The van der Waals surface area contributed by atoms with Gasteiger partial charge < -0.3 is 13.6 Å². The molecule has 0 aliphatic heterocycles. The summed E-state index contributed by atoms with van der Waals surface area (Å²) in [6.45, 7) is 7.96. The monoisotopic (exact) mass is 296 g/mol. The number of allylic oxidation sites excluding steroid dienone is 1. The number of aromatic nitrogens is 1. The van der Waals surface area contributed by atoms with E-state index in [0.29, 0.717) is 0 Å². The molecule has 1 aromatic heterocycles. The third-order valence-corrected chi connectivity index (χ3v) is 4.68. The van der Waals surface area contributed by atoms with Gasteiger partial charge in [-0.2, -0.15) is 5.26 Å². The minimum Gasteiger partial charge on any atom is -0.345 e. The molecule has 0 aromatic carbocycles. The predicted molar refractivity (Wildman–Crippen MR) is 79.3 cm³/mol. The molecule has 0 saturated heterocycles. The zero-order valence-corrected chi connectivity index (χ0v) is 13.3. The highest BCUT2D eigenvalue weighted by Crippen LogP contribution is 2.56. The van der Waals surface area contributed by atoms with Gasteiger partial charge in [0, 0.05) is 17.9 Å². The molecule has 5 nitrogen and oxygen atoms in total. The van der Waals surface area contributed by atoms with E-state index in [2.05, 4.69) is 0 Å². The summed E-state index contributed by atoms with van der Waals surface area (Å²) in [4.78, 5) is 0. The lowest BCUT2D eigenvalue weighted by atomic mass is 10.3. The van der Waals surface area contributed by atoms with Crippen molar-refractivity contribution in [3.8, 4) is 6.07 Å². The maximum Gasteiger partial charge on any atom is 0.371 e. The first-order valence-corrected chi connectivity index (χ1v) is 8.21. The Hall–Kier alpha value is -1.34. The number of nitrogens with zero attached hydrogens (tertiary/aromatic N) is 2. The van der Waals surface area contributed by atoms with Crippen molar-refractivity contribution in [2.24, 2.45) is 0 Å². The molecule has 6 heteroatoms. The molecule has 110 valence electrons. The highest BCUT2D eigenvalue weighted by atomic mass is 31.2. The van der Waals surface area contributed by atoms with Gasteiger partial charge in [-0.05, 0) is 45.9 Å². The Labute approximate surface area is 120 Å². The van der Waals surface area contributed by atoms with E-state index in [0.717, 1.165) is 5.69 Å². The summed E-state index contributed by atoms with van der Waals surface area (Å²) >= 11 is 0. The summed E-state index contributed by atoms with van der Waals surface area (Å²) in [6.07, 6.45) is 3.49. The Kier molecular flexibility index (Phi) is 6.22. The first kappa shape index (κ1) is 16.7. The molecule has 0 N–H and O–H groups in total. The Morgan fingerprint density at radius 1 is 1.45 bits per heavy atom. The number of nitriles is 1. The SMILES string of the molecule is CCOP(=O)(OCC)/C(C#N)=C\c1cccn1C(C)C. The largest absolute Gasteiger partial charge is 0.371 e. The van der Waals surface area contributed by atoms with Gasteiger partial charge >= 0.3 is 7.60 Å². The molecular formula is C14H21N2O3P. The molecule has 0 aliphatic rings. The Bertz CT molecular complexity index is 545. The second kappa shape index (κ2) is 7.44. The van der Waals surface area contributed by atoms with Crippen molar-refractivity contribution >= 4 is 13.7 Å². The Morgan fingerprint density at radius 2 is 2.05 bits per heavy atom. The van der Waals surface area contributed by atoms with Gasteiger partial charge in [-0.25, -0.2) is 0 Å². The molecule has 0 atom stereocenters. The summed E-state index contributed by atoms with van der Waals surface area (Å²) in [6, 6.07) is 5.94. The van der Waals surface area contributed by atoms with Crippen LogP contribution in [-0.4, -0.2) is 17.8 Å². The molecule has 0 fully saturated rings. The molecule has 0 saturated carbocycles. The fraction of sp³-hybridized carbons (Fsp3) is 0.500. The lowest BCUT2D eigenvalue weighted by Gasteiger charge is -2.16. The summed E-state index contributed by atoms with van der Waals surface area (Å²) in [5.74, 6) is 0. The van der Waals surface area contributed by atoms with Crippen LogP contribution in [0.5, 0.6) is 0 Å². The van der Waals surface area contributed by atoms with Gasteiger partial charge in [0.05, 0.1) is 13.2 Å². The van der Waals surface area contributed by atoms with Gasteiger partial charge in [0.25, 0.3) is 0 Å². The van der Waals surface area contributed by atoms with Crippen LogP contribution in [0.4, 0.5) is 0 Å². The van der Waals surface area contributed by atoms with Crippen LogP contribution in [0.1, 0.15) is 39.4 Å². The average Bonchev–Trinajstić information content (AvgIpc) is 2.84. The topological polar surface area (TPSA) is 64.2 Å². The Morgan fingerprint density at radius 3 is 2.50 bits per heavy atom. The van der Waals surface area contributed by atoms with E-state index in [-0.39, 0.29) is 24.6 Å². The number of hydrogen-bond donors (Lipinski definition) is 0. The van der Waals surface area contributed by atoms with Crippen molar-refractivity contribution in [3.05, 3.63) is 29.3 Å². The van der Waals surface area contributed by atoms with E-state index < -0.39 is 7.60 Å². The van der Waals surface area contributed by atoms with Crippen LogP contribution in [0.25, 0.3) is 6.08 Å². The van der Waals surface area contributed by atoms with Crippen molar-refractivity contribution in [3.63, 3.8) is 0 Å². The molecule has 20 heavy (non-hydrogen) atoms. The van der Waals surface area contributed by atoms with E-state index in [1.165, 1.54) is 0 Å². The molecule has 0 amide bonds. The molecule has 0 radical (unpaired) electrons. The van der Waals surface area contributed by atoms with Gasteiger partial charge in [-0.15, -0.1) is 0 Å². The highest BCUT2D eigenvalue weighted by molar-refractivity contribution is 7.59. The Balaban J connectivity index is 3.23. The zero-order chi connectivity index (χ0) is 15.2. The third-order valence-electron chi connectivity index (χ3n) is 2.66. The summed E-state index contributed by atoms with van der Waals surface area (Å²) in [5.41, 5.74) is 0.802. The van der Waals surface area contributed by atoms with Crippen LogP contribution in [0.3, 0.4) is 0 Å². The van der Waals surface area contributed by atoms with Crippen LogP contribution in [0.15, 0.2) is 23.6 Å². The number of hydrogen-bond acceptors (Lipinski definition) is 4. The van der Waals surface area contributed by atoms with Crippen LogP contribution < -0.4 is 0 Å². The quantitative estimate of drug-likeness (QED) is 0.558. The molecule has 1 aromatic rings.